The zero-order chi connectivity index (χ0) is 15.2. The van der Waals surface area contributed by atoms with Crippen LogP contribution in [0.2, 0.25) is 0 Å². The van der Waals surface area contributed by atoms with Gasteiger partial charge < -0.3 is 9.26 Å². The normalized spacial score (nSPS) is 15.4. The first-order chi connectivity index (χ1) is 9.30. The van der Waals surface area contributed by atoms with Crippen molar-refractivity contribution in [2.75, 3.05) is 13.2 Å². The molecule has 1 rings (SSSR count). The Morgan fingerprint density at radius 3 is 2.40 bits per heavy atom. The number of benzene rings is 1. The molecule has 1 aromatic rings. The molecule has 20 heavy (non-hydrogen) atoms. The van der Waals surface area contributed by atoms with E-state index in [0.717, 1.165) is 0 Å². The third kappa shape index (κ3) is 6.22. The summed E-state index contributed by atoms with van der Waals surface area (Å²) in [5, 5.41) is 2.79. The first-order valence-electron chi connectivity index (χ1n) is 6.58. The highest BCUT2D eigenvalue weighted by atomic mass is 31.2. The lowest BCUT2D eigenvalue weighted by Gasteiger charge is -2.19. The molecule has 1 aromatic carbocycles. The molecule has 1 N–H and O–H groups in total. The molecule has 0 bridgehead atoms. The van der Waals surface area contributed by atoms with Crippen LogP contribution in [0, 0.1) is 5.92 Å². The minimum absolute atomic E-state index is 0.154. The molecule has 2 atom stereocenters. The van der Waals surface area contributed by atoms with E-state index < -0.39 is 7.52 Å². The number of esters is 1. The van der Waals surface area contributed by atoms with Gasteiger partial charge in [-0.2, -0.15) is 0 Å². The molecule has 0 heterocycles. The Labute approximate surface area is 120 Å². The Kier molecular flexibility index (Phi) is 6.24. The van der Waals surface area contributed by atoms with Gasteiger partial charge >= 0.3 is 13.5 Å². The summed E-state index contributed by atoms with van der Waals surface area (Å²) >= 11 is 0. The van der Waals surface area contributed by atoms with Crippen LogP contribution >= 0.6 is 7.52 Å². The summed E-state index contributed by atoms with van der Waals surface area (Å²) in [5.74, 6) is -0.166. The maximum Gasteiger partial charge on any atom is 0.313 e. The topological polar surface area (TPSA) is 64.6 Å². The van der Waals surface area contributed by atoms with Gasteiger partial charge in [0.2, 0.25) is 0 Å². The van der Waals surface area contributed by atoms with E-state index in [9.17, 15) is 9.36 Å². The number of rotatable bonds is 7. The summed E-state index contributed by atoms with van der Waals surface area (Å²) in [5.41, 5.74) is 0. The van der Waals surface area contributed by atoms with Crippen molar-refractivity contribution in [1.29, 1.82) is 0 Å². The molecule has 0 amide bonds. The average molecular weight is 299 g/mol. The molecule has 0 aliphatic rings. The lowest BCUT2D eigenvalue weighted by atomic mass is 10.2. The standard InChI is InChI=1S/C14H22NO4P/c1-11(2)18-14(16)12(3)10-15-20(4,17)19-13-8-6-5-7-9-13/h5-9,11-12H,10H2,1-4H3,(H,15,17). The predicted octanol–water partition coefficient (Wildman–Crippen LogP) is 3.07. The van der Waals surface area contributed by atoms with Crippen LogP contribution in [0.3, 0.4) is 0 Å². The number of carbonyl (C=O) groups excluding carboxylic acids is 1. The third-order valence-electron chi connectivity index (χ3n) is 2.46. The maximum atomic E-state index is 12.2. The van der Waals surface area contributed by atoms with Crippen molar-refractivity contribution in [3.05, 3.63) is 30.3 Å². The molecule has 6 heteroatoms. The minimum Gasteiger partial charge on any atom is -0.463 e. The van der Waals surface area contributed by atoms with Gasteiger partial charge in [0, 0.05) is 13.2 Å². The zero-order valence-electron chi connectivity index (χ0n) is 12.3. The molecular formula is C14H22NO4P. The third-order valence-corrected chi connectivity index (χ3v) is 3.78. The van der Waals surface area contributed by atoms with Crippen LogP contribution in [0.4, 0.5) is 0 Å². The van der Waals surface area contributed by atoms with Crippen molar-refractivity contribution >= 4 is 13.5 Å². The predicted molar refractivity (Wildman–Crippen MR) is 79.0 cm³/mol. The fourth-order valence-corrected chi connectivity index (χ4v) is 2.64. The van der Waals surface area contributed by atoms with Crippen molar-refractivity contribution in [2.24, 2.45) is 5.92 Å². The van der Waals surface area contributed by atoms with Crippen LogP contribution < -0.4 is 9.61 Å². The number of ether oxygens (including phenoxy) is 1. The van der Waals surface area contributed by atoms with Crippen LogP contribution in [0.25, 0.3) is 0 Å². The van der Waals surface area contributed by atoms with Gasteiger partial charge in [-0.05, 0) is 26.0 Å². The van der Waals surface area contributed by atoms with E-state index in [2.05, 4.69) is 5.09 Å². The van der Waals surface area contributed by atoms with Gasteiger partial charge in [0.25, 0.3) is 0 Å². The Hall–Kier alpha value is -1.32. The van der Waals surface area contributed by atoms with Crippen molar-refractivity contribution in [3.63, 3.8) is 0 Å². The van der Waals surface area contributed by atoms with Crippen LogP contribution in [-0.4, -0.2) is 25.3 Å². The highest BCUT2D eigenvalue weighted by molar-refractivity contribution is 7.56. The fourth-order valence-electron chi connectivity index (χ4n) is 1.45. The first-order valence-corrected chi connectivity index (χ1v) is 8.65. The highest BCUT2D eigenvalue weighted by Crippen LogP contribution is 2.38. The van der Waals surface area contributed by atoms with Gasteiger partial charge in [0.05, 0.1) is 12.0 Å². The Morgan fingerprint density at radius 2 is 1.85 bits per heavy atom. The number of para-hydroxylation sites is 1. The van der Waals surface area contributed by atoms with E-state index in [1.165, 1.54) is 6.66 Å². The number of hydrogen-bond acceptors (Lipinski definition) is 4. The SMILES string of the molecule is CC(C)OC(=O)C(C)CNP(C)(=O)Oc1ccccc1. The summed E-state index contributed by atoms with van der Waals surface area (Å²) in [4.78, 5) is 11.6. The molecule has 0 aliphatic carbocycles. The smallest absolute Gasteiger partial charge is 0.313 e. The van der Waals surface area contributed by atoms with Gasteiger partial charge in [0.15, 0.2) is 0 Å². The quantitative estimate of drug-likeness (QED) is 0.619. The van der Waals surface area contributed by atoms with Gasteiger partial charge in [-0.3, -0.25) is 9.36 Å². The largest absolute Gasteiger partial charge is 0.463 e. The lowest BCUT2D eigenvalue weighted by Crippen LogP contribution is -2.28. The molecule has 0 saturated carbocycles. The summed E-state index contributed by atoms with van der Waals surface area (Å²) < 4.78 is 22.7. The summed E-state index contributed by atoms with van der Waals surface area (Å²) in [6.07, 6.45) is -0.154. The molecular weight excluding hydrogens is 277 g/mol. The van der Waals surface area contributed by atoms with Crippen LogP contribution in [0.15, 0.2) is 30.3 Å². The van der Waals surface area contributed by atoms with Crippen molar-refractivity contribution in [3.8, 4) is 5.75 Å². The van der Waals surface area contributed by atoms with E-state index in [0.29, 0.717) is 5.75 Å². The molecule has 112 valence electrons. The molecule has 0 fully saturated rings. The molecule has 0 aliphatic heterocycles. The van der Waals surface area contributed by atoms with Crippen LogP contribution in [0.1, 0.15) is 20.8 Å². The number of carbonyl (C=O) groups is 1. The van der Waals surface area contributed by atoms with E-state index in [-0.39, 0.29) is 24.5 Å². The summed E-state index contributed by atoms with van der Waals surface area (Å²) in [7, 11) is -3.00. The highest BCUT2D eigenvalue weighted by Gasteiger charge is 2.22. The van der Waals surface area contributed by atoms with Crippen molar-refractivity contribution < 1.29 is 18.6 Å². The Balaban J connectivity index is 2.47. The maximum absolute atomic E-state index is 12.2. The van der Waals surface area contributed by atoms with Gasteiger partial charge in [-0.25, -0.2) is 5.09 Å². The average Bonchev–Trinajstić information content (AvgIpc) is 2.36. The van der Waals surface area contributed by atoms with Crippen molar-refractivity contribution in [1.82, 2.24) is 5.09 Å². The summed E-state index contributed by atoms with van der Waals surface area (Å²) in [6, 6.07) is 8.92. The van der Waals surface area contributed by atoms with Crippen LogP contribution in [0.5, 0.6) is 5.75 Å². The molecule has 0 aromatic heterocycles. The molecule has 0 radical (unpaired) electrons. The second-order valence-corrected chi connectivity index (χ2v) is 7.19. The second kappa shape index (κ2) is 7.46. The fraction of sp³-hybridized carbons (Fsp3) is 0.500. The van der Waals surface area contributed by atoms with E-state index in [1.807, 2.05) is 6.07 Å². The Morgan fingerprint density at radius 1 is 1.25 bits per heavy atom. The molecule has 0 saturated heterocycles. The molecule has 0 spiro atoms. The summed E-state index contributed by atoms with van der Waals surface area (Å²) in [6.45, 7) is 7.04. The number of nitrogens with one attached hydrogen (secondary N) is 1. The molecule has 5 nitrogen and oxygen atoms in total. The lowest BCUT2D eigenvalue weighted by molar-refractivity contribution is -0.151. The monoisotopic (exact) mass is 299 g/mol. The van der Waals surface area contributed by atoms with Gasteiger partial charge in [-0.1, -0.05) is 25.1 Å². The van der Waals surface area contributed by atoms with Crippen molar-refractivity contribution in [2.45, 2.75) is 26.9 Å². The van der Waals surface area contributed by atoms with E-state index >= 15 is 0 Å². The van der Waals surface area contributed by atoms with Crippen LogP contribution in [-0.2, 0) is 14.1 Å². The van der Waals surface area contributed by atoms with Gasteiger partial charge in [0.1, 0.15) is 5.75 Å². The Bertz CT molecular complexity index is 475. The number of hydrogen-bond donors (Lipinski definition) is 1. The van der Waals surface area contributed by atoms with E-state index in [1.54, 1.807) is 45.0 Å². The zero-order valence-corrected chi connectivity index (χ0v) is 13.2. The first kappa shape index (κ1) is 16.7. The van der Waals surface area contributed by atoms with Gasteiger partial charge in [-0.15, -0.1) is 0 Å². The minimum atomic E-state index is -3.00. The second-order valence-electron chi connectivity index (χ2n) is 5.00. The molecule has 2 unspecified atom stereocenters. The van der Waals surface area contributed by atoms with E-state index in [4.69, 9.17) is 9.26 Å².